The van der Waals surface area contributed by atoms with Gasteiger partial charge in [0.15, 0.2) is 0 Å². The van der Waals surface area contributed by atoms with Crippen LogP contribution in [0.25, 0.3) is 0 Å². The Morgan fingerprint density at radius 3 is 2.47 bits per heavy atom. The first-order valence-electron chi connectivity index (χ1n) is 5.36. The molecule has 0 aromatic heterocycles. The number of nitrogens with two attached hydrogens (primary N) is 1. The minimum Gasteiger partial charge on any atom is -0.356 e. The molecular weight excluding hydrogens is 196 g/mol. The Bertz CT molecular complexity index is 193. The van der Waals surface area contributed by atoms with Crippen LogP contribution >= 0.6 is 0 Å². The molecule has 0 aliphatic carbocycles. The molecule has 6 nitrogen and oxygen atoms in total. The molecule has 1 fully saturated rings. The van der Waals surface area contributed by atoms with E-state index in [0.29, 0.717) is 6.42 Å². The number of likely N-dealkylation sites (N-methyl/N-ethyl adjacent to an activating group) is 1. The maximum atomic E-state index is 11.0. The van der Waals surface area contributed by atoms with E-state index in [4.69, 9.17) is 5.84 Å². The lowest BCUT2D eigenvalue weighted by Crippen LogP contribution is -2.46. The van der Waals surface area contributed by atoms with Crippen molar-refractivity contribution in [3.63, 3.8) is 0 Å². The standard InChI is InChI=1S/C9H20N4O2/c1-2-12-5-7-13(8-6-12)4-3-9(14)15-11-10/h11H,2-8,10H2,1H3. The average Bonchev–Trinajstić information content (AvgIpc) is 2.27. The van der Waals surface area contributed by atoms with Gasteiger partial charge in [-0.1, -0.05) is 12.5 Å². The molecular formula is C9H20N4O2. The summed E-state index contributed by atoms with van der Waals surface area (Å²) < 4.78 is 0. The fourth-order valence-corrected chi connectivity index (χ4v) is 1.70. The van der Waals surface area contributed by atoms with Gasteiger partial charge in [0.1, 0.15) is 0 Å². The molecule has 1 aliphatic rings. The van der Waals surface area contributed by atoms with Crippen LogP contribution in [-0.4, -0.2) is 55.0 Å². The van der Waals surface area contributed by atoms with E-state index in [0.717, 1.165) is 39.3 Å². The number of carbonyl (C=O) groups excluding carboxylic acids is 1. The molecule has 3 N–H and O–H groups in total. The smallest absolute Gasteiger partial charge is 0.327 e. The van der Waals surface area contributed by atoms with Gasteiger partial charge in [-0.15, -0.1) is 0 Å². The Kier molecular flexibility index (Phi) is 5.56. The molecule has 1 rings (SSSR count). The van der Waals surface area contributed by atoms with Crippen LogP contribution < -0.4 is 11.4 Å². The van der Waals surface area contributed by atoms with E-state index in [-0.39, 0.29) is 5.97 Å². The summed E-state index contributed by atoms with van der Waals surface area (Å²) in [7, 11) is 0. The first-order chi connectivity index (χ1) is 7.26. The fraction of sp³-hybridized carbons (Fsp3) is 0.889. The minimum atomic E-state index is -0.310. The molecule has 88 valence electrons. The summed E-state index contributed by atoms with van der Waals surface area (Å²) in [5.74, 6) is 4.55. The molecule has 6 heteroatoms. The van der Waals surface area contributed by atoms with Gasteiger partial charge in [0.25, 0.3) is 0 Å². The van der Waals surface area contributed by atoms with E-state index in [9.17, 15) is 4.79 Å². The topological polar surface area (TPSA) is 70.8 Å². The molecule has 0 radical (unpaired) electrons. The zero-order valence-corrected chi connectivity index (χ0v) is 9.24. The highest BCUT2D eigenvalue weighted by atomic mass is 16.7. The third kappa shape index (κ3) is 4.57. The van der Waals surface area contributed by atoms with E-state index in [1.807, 2.05) is 5.59 Å². The number of carbonyl (C=O) groups is 1. The van der Waals surface area contributed by atoms with Gasteiger partial charge in [0.2, 0.25) is 0 Å². The molecule has 0 unspecified atom stereocenters. The molecule has 1 aliphatic heterocycles. The molecule has 1 heterocycles. The number of nitrogens with zero attached hydrogens (tertiary/aromatic N) is 2. The van der Waals surface area contributed by atoms with Crippen LogP contribution in [0.5, 0.6) is 0 Å². The highest BCUT2D eigenvalue weighted by Crippen LogP contribution is 2.01. The van der Waals surface area contributed by atoms with Crippen molar-refractivity contribution in [2.24, 2.45) is 5.84 Å². The van der Waals surface area contributed by atoms with E-state index >= 15 is 0 Å². The summed E-state index contributed by atoms with van der Waals surface area (Å²) in [6.45, 7) is 8.24. The first-order valence-corrected chi connectivity index (χ1v) is 5.36. The zero-order chi connectivity index (χ0) is 11.1. The highest BCUT2D eigenvalue weighted by molar-refractivity contribution is 5.69. The van der Waals surface area contributed by atoms with Crippen molar-refractivity contribution in [1.29, 1.82) is 0 Å². The number of rotatable bonds is 5. The third-order valence-corrected chi connectivity index (χ3v) is 2.72. The third-order valence-electron chi connectivity index (χ3n) is 2.72. The predicted molar refractivity (Wildman–Crippen MR) is 56.6 cm³/mol. The van der Waals surface area contributed by atoms with Crippen molar-refractivity contribution in [2.45, 2.75) is 13.3 Å². The van der Waals surface area contributed by atoms with Gasteiger partial charge in [0.05, 0.1) is 6.42 Å². The summed E-state index contributed by atoms with van der Waals surface area (Å²) in [4.78, 5) is 20.1. The molecule has 0 aromatic carbocycles. The lowest BCUT2D eigenvalue weighted by Gasteiger charge is -2.33. The Hall–Kier alpha value is -0.690. The molecule has 0 spiro atoms. The van der Waals surface area contributed by atoms with Gasteiger partial charge in [-0.2, -0.15) is 0 Å². The van der Waals surface area contributed by atoms with Gasteiger partial charge in [0, 0.05) is 32.7 Å². The van der Waals surface area contributed by atoms with Crippen LogP contribution in [0.15, 0.2) is 0 Å². The van der Waals surface area contributed by atoms with E-state index in [1.54, 1.807) is 0 Å². The number of hydrazine groups is 1. The number of hydrogen-bond donors (Lipinski definition) is 2. The summed E-state index contributed by atoms with van der Waals surface area (Å²) in [5, 5.41) is 0. The predicted octanol–water partition coefficient (Wildman–Crippen LogP) is -1.06. The van der Waals surface area contributed by atoms with Gasteiger partial charge in [-0.3, -0.25) is 4.79 Å². The zero-order valence-electron chi connectivity index (χ0n) is 9.24. The fourth-order valence-electron chi connectivity index (χ4n) is 1.70. The quantitative estimate of drug-likeness (QED) is 0.451. The first kappa shape index (κ1) is 12.4. The molecule has 0 amide bonds. The summed E-state index contributed by atoms with van der Waals surface area (Å²) in [5.41, 5.74) is 1.90. The van der Waals surface area contributed by atoms with E-state index in [1.165, 1.54) is 0 Å². The SMILES string of the molecule is CCN1CCN(CCC(=O)ONN)CC1. The van der Waals surface area contributed by atoms with Crippen LogP contribution in [0.2, 0.25) is 0 Å². The minimum absolute atomic E-state index is 0.310. The van der Waals surface area contributed by atoms with Crippen molar-refractivity contribution in [2.75, 3.05) is 39.3 Å². The van der Waals surface area contributed by atoms with Crippen molar-refractivity contribution in [1.82, 2.24) is 15.4 Å². The highest BCUT2D eigenvalue weighted by Gasteiger charge is 2.16. The van der Waals surface area contributed by atoms with Crippen molar-refractivity contribution >= 4 is 5.97 Å². The second kappa shape index (κ2) is 6.73. The molecule has 0 bridgehead atoms. The summed E-state index contributed by atoms with van der Waals surface area (Å²) in [6.07, 6.45) is 0.385. The van der Waals surface area contributed by atoms with Crippen LogP contribution in [0.3, 0.4) is 0 Å². The Morgan fingerprint density at radius 2 is 1.93 bits per heavy atom. The van der Waals surface area contributed by atoms with Crippen molar-refractivity contribution in [3.8, 4) is 0 Å². The van der Waals surface area contributed by atoms with Gasteiger partial charge >= 0.3 is 5.97 Å². The molecule has 15 heavy (non-hydrogen) atoms. The van der Waals surface area contributed by atoms with Crippen molar-refractivity contribution < 1.29 is 9.63 Å². The summed E-state index contributed by atoms with van der Waals surface area (Å²) in [6, 6.07) is 0. The Balaban J connectivity index is 2.10. The monoisotopic (exact) mass is 216 g/mol. The Labute approximate surface area is 90.3 Å². The maximum absolute atomic E-state index is 11.0. The molecule has 0 saturated carbocycles. The normalized spacial score (nSPS) is 19.1. The second-order valence-electron chi connectivity index (χ2n) is 3.62. The van der Waals surface area contributed by atoms with Crippen LogP contribution in [0.4, 0.5) is 0 Å². The lowest BCUT2D eigenvalue weighted by atomic mass is 10.3. The largest absolute Gasteiger partial charge is 0.356 e. The van der Waals surface area contributed by atoms with Crippen LogP contribution in [0.1, 0.15) is 13.3 Å². The molecule has 0 aromatic rings. The molecule has 0 atom stereocenters. The van der Waals surface area contributed by atoms with Crippen LogP contribution in [0, 0.1) is 0 Å². The summed E-state index contributed by atoms with van der Waals surface area (Å²) >= 11 is 0. The maximum Gasteiger partial charge on any atom is 0.327 e. The van der Waals surface area contributed by atoms with Crippen LogP contribution in [-0.2, 0) is 9.63 Å². The average molecular weight is 216 g/mol. The van der Waals surface area contributed by atoms with E-state index < -0.39 is 0 Å². The molecule has 1 saturated heterocycles. The lowest BCUT2D eigenvalue weighted by molar-refractivity contribution is -0.151. The van der Waals surface area contributed by atoms with Gasteiger partial charge in [-0.25, -0.2) is 5.84 Å². The number of nitrogens with one attached hydrogen (secondary N) is 1. The second-order valence-corrected chi connectivity index (χ2v) is 3.62. The number of hydrogen-bond acceptors (Lipinski definition) is 6. The Morgan fingerprint density at radius 1 is 1.33 bits per heavy atom. The van der Waals surface area contributed by atoms with Gasteiger partial charge < -0.3 is 14.6 Å². The van der Waals surface area contributed by atoms with E-state index in [2.05, 4.69) is 21.6 Å². The van der Waals surface area contributed by atoms with Crippen molar-refractivity contribution in [3.05, 3.63) is 0 Å². The van der Waals surface area contributed by atoms with Gasteiger partial charge in [-0.05, 0) is 6.54 Å². The number of piperazine rings is 1.